The van der Waals surface area contributed by atoms with E-state index in [1.165, 1.54) is 0 Å². The van der Waals surface area contributed by atoms with E-state index in [9.17, 15) is 4.79 Å². The molecule has 1 amide bonds. The Hall–Kier alpha value is -2.20. The van der Waals surface area contributed by atoms with E-state index in [4.69, 9.17) is 0 Å². The van der Waals surface area contributed by atoms with Gasteiger partial charge in [-0.3, -0.25) is 15.1 Å². The zero-order valence-electron chi connectivity index (χ0n) is 11.8. The summed E-state index contributed by atoms with van der Waals surface area (Å²) in [5, 5.41) is 3.28. The van der Waals surface area contributed by atoms with Crippen LogP contribution in [0.2, 0.25) is 0 Å². The smallest absolute Gasteiger partial charge is 0.245 e. The van der Waals surface area contributed by atoms with Crippen molar-refractivity contribution in [3.8, 4) is 0 Å². The lowest BCUT2D eigenvalue weighted by Crippen LogP contribution is -2.37. The Kier molecular flexibility index (Phi) is 4.85. The SMILES string of the molecule is CN(C)C(=O)C(NCc1ccccc1)c1ccccn1. The van der Waals surface area contributed by atoms with E-state index in [-0.39, 0.29) is 5.91 Å². The van der Waals surface area contributed by atoms with Crippen molar-refractivity contribution in [3.05, 3.63) is 66.0 Å². The lowest BCUT2D eigenvalue weighted by Gasteiger charge is -2.21. The molecule has 0 fully saturated rings. The molecule has 2 rings (SSSR count). The number of rotatable bonds is 5. The molecule has 1 unspecified atom stereocenters. The molecule has 0 aliphatic heterocycles. The van der Waals surface area contributed by atoms with E-state index < -0.39 is 6.04 Å². The molecular formula is C16H19N3O. The molecule has 1 atom stereocenters. The summed E-state index contributed by atoms with van der Waals surface area (Å²) in [6.45, 7) is 0.627. The van der Waals surface area contributed by atoms with Gasteiger partial charge in [-0.25, -0.2) is 0 Å². The predicted molar refractivity (Wildman–Crippen MR) is 79.0 cm³/mol. The Morgan fingerprint density at radius 1 is 1.15 bits per heavy atom. The third kappa shape index (κ3) is 3.65. The molecule has 104 valence electrons. The number of carbonyl (C=O) groups is 1. The maximum atomic E-state index is 12.3. The van der Waals surface area contributed by atoms with Gasteiger partial charge in [0.15, 0.2) is 0 Å². The molecule has 0 saturated heterocycles. The summed E-state index contributed by atoms with van der Waals surface area (Å²) >= 11 is 0. The highest BCUT2D eigenvalue weighted by Crippen LogP contribution is 2.13. The van der Waals surface area contributed by atoms with Gasteiger partial charge in [-0.1, -0.05) is 36.4 Å². The summed E-state index contributed by atoms with van der Waals surface area (Å²) in [5.41, 5.74) is 1.88. The molecular weight excluding hydrogens is 250 g/mol. The van der Waals surface area contributed by atoms with Crippen LogP contribution in [0.4, 0.5) is 0 Å². The van der Waals surface area contributed by atoms with Gasteiger partial charge < -0.3 is 4.90 Å². The lowest BCUT2D eigenvalue weighted by molar-refractivity contribution is -0.131. The predicted octanol–water partition coefficient (Wildman–Crippen LogP) is 2.00. The fraction of sp³-hybridized carbons (Fsp3) is 0.250. The number of pyridine rings is 1. The van der Waals surface area contributed by atoms with E-state index in [1.54, 1.807) is 25.2 Å². The van der Waals surface area contributed by atoms with E-state index >= 15 is 0 Å². The first-order chi connectivity index (χ1) is 9.68. The molecule has 2 aromatic rings. The number of nitrogens with zero attached hydrogens (tertiary/aromatic N) is 2. The molecule has 0 aliphatic carbocycles. The van der Waals surface area contributed by atoms with Crippen molar-refractivity contribution in [1.29, 1.82) is 0 Å². The minimum absolute atomic E-state index is 0.000342. The van der Waals surface area contributed by atoms with Crippen LogP contribution in [-0.4, -0.2) is 29.9 Å². The van der Waals surface area contributed by atoms with E-state index in [0.717, 1.165) is 11.3 Å². The first-order valence-electron chi connectivity index (χ1n) is 6.58. The number of aromatic nitrogens is 1. The second-order valence-corrected chi connectivity index (χ2v) is 4.79. The first kappa shape index (κ1) is 14.2. The van der Waals surface area contributed by atoms with Gasteiger partial charge in [-0.2, -0.15) is 0 Å². The second kappa shape index (κ2) is 6.82. The standard InChI is InChI=1S/C16H19N3O/c1-19(2)16(20)15(14-10-6-7-11-17-14)18-12-13-8-4-3-5-9-13/h3-11,15,18H,12H2,1-2H3. The Labute approximate surface area is 119 Å². The van der Waals surface area contributed by atoms with Gasteiger partial charge in [0.05, 0.1) is 5.69 Å². The summed E-state index contributed by atoms with van der Waals surface area (Å²) < 4.78 is 0. The van der Waals surface area contributed by atoms with E-state index in [1.807, 2.05) is 48.5 Å². The van der Waals surface area contributed by atoms with Gasteiger partial charge in [0.1, 0.15) is 6.04 Å². The minimum atomic E-state index is -0.425. The van der Waals surface area contributed by atoms with Crippen LogP contribution in [0.15, 0.2) is 54.7 Å². The molecule has 0 aliphatic rings. The molecule has 1 aromatic heterocycles. The quantitative estimate of drug-likeness (QED) is 0.903. The summed E-state index contributed by atoms with van der Waals surface area (Å²) in [4.78, 5) is 18.2. The summed E-state index contributed by atoms with van der Waals surface area (Å²) in [5.74, 6) is -0.000342. The maximum Gasteiger partial charge on any atom is 0.245 e. The maximum absolute atomic E-state index is 12.3. The van der Waals surface area contributed by atoms with E-state index in [2.05, 4.69) is 10.3 Å². The fourth-order valence-corrected chi connectivity index (χ4v) is 1.94. The number of hydrogen-bond donors (Lipinski definition) is 1. The van der Waals surface area contributed by atoms with Crippen molar-refractivity contribution in [2.75, 3.05) is 14.1 Å². The third-order valence-corrected chi connectivity index (χ3v) is 3.02. The van der Waals surface area contributed by atoms with Gasteiger partial charge in [0, 0.05) is 26.8 Å². The minimum Gasteiger partial charge on any atom is -0.347 e. The van der Waals surface area contributed by atoms with Crippen molar-refractivity contribution in [2.45, 2.75) is 12.6 Å². The zero-order valence-corrected chi connectivity index (χ0v) is 11.8. The average molecular weight is 269 g/mol. The van der Waals surface area contributed by atoms with Crippen LogP contribution in [0.1, 0.15) is 17.3 Å². The lowest BCUT2D eigenvalue weighted by atomic mass is 10.1. The summed E-state index contributed by atoms with van der Waals surface area (Å²) in [6, 6.07) is 15.2. The van der Waals surface area contributed by atoms with Crippen molar-refractivity contribution in [2.24, 2.45) is 0 Å². The first-order valence-corrected chi connectivity index (χ1v) is 6.58. The van der Waals surface area contributed by atoms with Crippen LogP contribution in [-0.2, 0) is 11.3 Å². The van der Waals surface area contributed by atoms with Gasteiger partial charge >= 0.3 is 0 Å². The Bertz CT molecular complexity index is 540. The highest BCUT2D eigenvalue weighted by molar-refractivity contribution is 5.82. The van der Waals surface area contributed by atoms with Gasteiger partial charge in [0.2, 0.25) is 5.91 Å². The molecule has 1 aromatic carbocycles. The Morgan fingerprint density at radius 2 is 1.85 bits per heavy atom. The Morgan fingerprint density at radius 3 is 2.45 bits per heavy atom. The zero-order chi connectivity index (χ0) is 14.4. The summed E-state index contributed by atoms with van der Waals surface area (Å²) in [7, 11) is 3.50. The highest BCUT2D eigenvalue weighted by atomic mass is 16.2. The van der Waals surface area contributed by atoms with Crippen LogP contribution >= 0.6 is 0 Å². The van der Waals surface area contributed by atoms with E-state index in [0.29, 0.717) is 6.54 Å². The monoisotopic (exact) mass is 269 g/mol. The molecule has 0 saturated carbocycles. The average Bonchev–Trinajstić information content (AvgIpc) is 2.49. The van der Waals surface area contributed by atoms with Crippen molar-refractivity contribution >= 4 is 5.91 Å². The number of hydrogen-bond acceptors (Lipinski definition) is 3. The van der Waals surface area contributed by atoms with Crippen molar-refractivity contribution in [1.82, 2.24) is 15.2 Å². The molecule has 1 N–H and O–H groups in total. The number of likely N-dealkylation sites (N-methyl/N-ethyl adjacent to an activating group) is 1. The largest absolute Gasteiger partial charge is 0.347 e. The van der Waals surface area contributed by atoms with Crippen LogP contribution in [0, 0.1) is 0 Å². The van der Waals surface area contributed by atoms with Crippen LogP contribution in [0.3, 0.4) is 0 Å². The van der Waals surface area contributed by atoms with Gasteiger partial charge in [0.25, 0.3) is 0 Å². The second-order valence-electron chi connectivity index (χ2n) is 4.79. The molecule has 4 nitrogen and oxygen atoms in total. The fourth-order valence-electron chi connectivity index (χ4n) is 1.94. The molecule has 0 radical (unpaired) electrons. The van der Waals surface area contributed by atoms with Crippen LogP contribution < -0.4 is 5.32 Å². The number of benzene rings is 1. The van der Waals surface area contributed by atoms with Crippen molar-refractivity contribution < 1.29 is 4.79 Å². The molecule has 0 spiro atoms. The topological polar surface area (TPSA) is 45.2 Å². The molecule has 0 bridgehead atoms. The van der Waals surface area contributed by atoms with Crippen molar-refractivity contribution in [3.63, 3.8) is 0 Å². The number of carbonyl (C=O) groups excluding carboxylic acids is 1. The Balaban J connectivity index is 2.13. The molecule has 1 heterocycles. The molecule has 20 heavy (non-hydrogen) atoms. The van der Waals surface area contributed by atoms with Crippen LogP contribution in [0.25, 0.3) is 0 Å². The third-order valence-electron chi connectivity index (χ3n) is 3.02. The van der Waals surface area contributed by atoms with Gasteiger partial charge in [-0.15, -0.1) is 0 Å². The molecule has 4 heteroatoms. The number of amides is 1. The normalized spacial score (nSPS) is 11.9. The van der Waals surface area contributed by atoms with Gasteiger partial charge in [-0.05, 0) is 17.7 Å². The van der Waals surface area contributed by atoms with Crippen LogP contribution in [0.5, 0.6) is 0 Å². The highest BCUT2D eigenvalue weighted by Gasteiger charge is 2.22. The number of nitrogens with one attached hydrogen (secondary N) is 1. The summed E-state index contributed by atoms with van der Waals surface area (Å²) in [6.07, 6.45) is 1.70.